The third kappa shape index (κ3) is 3.80. The van der Waals surface area contributed by atoms with Crippen molar-refractivity contribution in [2.75, 3.05) is 11.5 Å². The smallest absolute Gasteiger partial charge is 0.0634 e. The highest BCUT2D eigenvalue weighted by molar-refractivity contribution is 6.20. The van der Waals surface area contributed by atoms with Gasteiger partial charge >= 0.3 is 0 Å². The Kier molecular flexibility index (Phi) is 5.53. The van der Waals surface area contributed by atoms with Gasteiger partial charge in [0.05, 0.1) is 11.4 Å². The average molecular weight is 445 g/mol. The van der Waals surface area contributed by atoms with Crippen LogP contribution >= 0.6 is 0 Å². The van der Waals surface area contributed by atoms with Crippen LogP contribution in [0.1, 0.15) is 50.7 Å². The zero-order chi connectivity index (χ0) is 24.0. The van der Waals surface area contributed by atoms with E-state index in [0.717, 1.165) is 21.5 Å². The first kappa shape index (κ1) is 22.0. The molecule has 0 saturated heterocycles. The summed E-state index contributed by atoms with van der Waals surface area (Å²) in [5.74, 6) is 1.04. The lowest BCUT2D eigenvalue weighted by atomic mass is 9.91. The maximum absolute atomic E-state index is 6.50. The monoisotopic (exact) mass is 444 g/mol. The first-order valence-electron chi connectivity index (χ1n) is 12.1. The van der Waals surface area contributed by atoms with Crippen LogP contribution < -0.4 is 11.5 Å². The highest BCUT2D eigenvalue weighted by atomic mass is 14.7. The Morgan fingerprint density at radius 1 is 0.412 bits per heavy atom. The van der Waals surface area contributed by atoms with E-state index in [1.54, 1.807) is 0 Å². The molecule has 0 fully saturated rings. The Labute approximate surface area is 202 Å². The minimum atomic E-state index is 0.519. The second-order valence-electron chi connectivity index (χ2n) is 9.90. The van der Waals surface area contributed by atoms with Crippen molar-refractivity contribution in [2.24, 2.45) is 0 Å². The van der Waals surface area contributed by atoms with Gasteiger partial charge in [0.1, 0.15) is 0 Å². The number of hydrogen-bond acceptors (Lipinski definition) is 2. The molecular weight excluding hydrogens is 412 g/mol. The fourth-order valence-corrected chi connectivity index (χ4v) is 4.77. The molecule has 0 aliphatic carbocycles. The predicted molar refractivity (Wildman–Crippen MR) is 149 cm³/mol. The second kappa shape index (κ2) is 8.53. The molecule has 0 unspecified atom stereocenters. The zero-order valence-electron chi connectivity index (χ0n) is 20.4. The summed E-state index contributed by atoms with van der Waals surface area (Å²) >= 11 is 0. The molecule has 2 nitrogen and oxygen atoms in total. The molecule has 4 N–H and O–H groups in total. The molecule has 0 saturated carbocycles. The number of hydrogen-bond donors (Lipinski definition) is 2. The van der Waals surface area contributed by atoms with E-state index in [1.165, 1.54) is 33.4 Å². The minimum absolute atomic E-state index is 0.519. The number of rotatable bonds is 4. The lowest BCUT2D eigenvalue weighted by molar-refractivity contribution is 0.867. The van der Waals surface area contributed by atoms with Gasteiger partial charge in [0, 0.05) is 10.8 Å². The highest BCUT2D eigenvalue weighted by Crippen LogP contribution is 2.40. The van der Waals surface area contributed by atoms with Crippen LogP contribution in [-0.2, 0) is 0 Å². The zero-order valence-corrected chi connectivity index (χ0v) is 20.4. The summed E-state index contributed by atoms with van der Waals surface area (Å²) in [4.78, 5) is 0. The van der Waals surface area contributed by atoms with Gasteiger partial charge in [-0.05, 0) is 68.1 Å². The Morgan fingerprint density at radius 2 is 0.735 bits per heavy atom. The molecule has 0 aliphatic heterocycles. The number of anilines is 2. The maximum Gasteiger partial charge on any atom is 0.0634 e. The van der Waals surface area contributed by atoms with Crippen LogP contribution in [0.5, 0.6) is 0 Å². The third-order valence-electron chi connectivity index (χ3n) is 7.02. The molecule has 0 atom stereocenters. The van der Waals surface area contributed by atoms with Crippen LogP contribution in [0.2, 0.25) is 0 Å². The van der Waals surface area contributed by atoms with Crippen LogP contribution in [0.3, 0.4) is 0 Å². The molecule has 34 heavy (non-hydrogen) atoms. The Hall–Kier alpha value is -3.78. The highest BCUT2D eigenvalue weighted by Gasteiger charge is 2.13. The summed E-state index contributed by atoms with van der Waals surface area (Å²) in [5, 5.41) is 4.26. The number of benzene rings is 5. The van der Waals surface area contributed by atoms with Gasteiger partial charge in [0.25, 0.3) is 0 Å². The van der Waals surface area contributed by atoms with E-state index >= 15 is 0 Å². The lowest BCUT2D eigenvalue weighted by Gasteiger charge is -2.15. The van der Waals surface area contributed by atoms with Crippen LogP contribution in [0.25, 0.3) is 43.8 Å². The van der Waals surface area contributed by atoms with Crippen LogP contribution in [0.15, 0.2) is 84.9 Å². The van der Waals surface area contributed by atoms with Crippen molar-refractivity contribution in [1.82, 2.24) is 0 Å². The number of nitrogens with two attached hydrogens (primary N) is 2. The quantitative estimate of drug-likeness (QED) is 0.165. The molecule has 2 heteroatoms. The molecule has 5 aromatic carbocycles. The standard InChI is InChI=1S/C32H32N2/c1-19(2)21-5-9-23(10-6-21)25-13-15-27-29(17-25)30-18-26(14-16-28(30)32(34)31(27)33)24-11-7-22(8-12-24)20(3)4/h5-20H,33-34H2,1-4H3. The van der Waals surface area contributed by atoms with Gasteiger partial charge in [-0.15, -0.1) is 0 Å². The first-order valence-corrected chi connectivity index (χ1v) is 12.1. The van der Waals surface area contributed by atoms with E-state index in [9.17, 15) is 0 Å². The average Bonchev–Trinajstić information content (AvgIpc) is 2.86. The summed E-state index contributed by atoms with van der Waals surface area (Å²) in [5.41, 5.74) is 21.8. The van der Waals surface area contributed by atoms with E-state index < -0.39 is 0 Å². The summed E-state index contributed by atoms with van der Waals surface area (Å²) in [7, 11) is 0. The van der Waals surface area contributed by atoms with Crippen molar-refractivity contribution >= 4 is 32.9 Å². The van der Waals surface area contributed by atoms with Gasteiger partial charge in [-0.1, -0.05) is 100 Å². The molecule has 0 aromatic heterocycles. The Morgan fingerprint density at radius 3 is 1.06 bits per heavy atom. The minimum Gasteiger partial charge on any atom is -0.397 e. The second-order valence-corrected chi connectivity index (χ2v) is 9.90. The van der Waals surface area contributed by atoms with Crippen molar-refractivity contribution in [3.63, 3.8) is 0 Å². The molecule has 170 valence electrons. The van der Waals surface area contributed by atoms with Gasteiger partial charge in [-0.2, -0.15) is 0 Å². The van der Waals surface area contributed by atoms with Crippen molar-refractivity contribution in [1.29, 1.82) is 0 Å². The van der Waals surface area contributed by atoms with Gasteiger partial charge in [0.2, 0.25) is 0 Å². The molecule has 5 aromatic rings. The maximum atomic E-state index is 6.50. The summed E-state index contributed by atoms with van der Waals surface area (Å²) in [6, 6.07) is 30.7. The van der Waals surface area contributed by atoms with Gasteiger partial charge in [0.15, 0.2) is 0 Å². The van der Waals surface area contributed by atoms with E-state index in [0.29, 0.717) is 23.2 Å². The van der Waals surface area contributed by atoms with E-state index in [-0.39, 0.29) is 0 Å². The number of nitrogen functional groups attached to an aromatic ring is 2. The Balaban J connectivity index is 1.69. The fourth-order valence-electron chi connectivity index (χ4n) is 4.77. The van der Waals surface area contributed by atoms with Gasteiger partial charge in [-0.25, -0.2) is 0 Å². The third-order valence-corrected chi connectivity index (χ3v) is 7.02. The molecular formula is C32H32N2. The molecule has 0 aliphatic rings. The summed E-state index contributed by atoms with van der Waals surface area (Å²) < 4.78 is 0. The molecule has 0 heterocycles. The Bertz CT molecular complexity index is 1380. The largest absolute Gasteiger partial charge is 0.397 e. The van der Waals surface area contributed by atoms with Gasteiger partial charge < -0.3 is 11.5 Å². The molecule has 0 radical (unpaired) electrons. The fraction of sp³-hybridized carbons (Fsp3) is 0.188. The normalized spacial score (nSPS) is 11.7. The SMILES string of the molecule is CC(C)c1ccc(-c2ccc3c(N)c(N)c4ccc(-c5ccc(C(C)C)cc5)cc4c3c2)cc1. The first-order chi connectivity index (χ1) is 16.3. The van der Waals surface area contributed by atoms with E-state index in [4.69, 9.17) is 11.5 Å². The molecule has 0 amide bonds. The summed E-state index contributed by atoms with van der Waals surface area (Å²) in [6.07, 6.45) is 0. The molecule has 0 bridgehead atoms. The van der Waals surface area contributed by atoms with E-state index in [1.807, 2.05) is 0 Å². The van der Waals surface area contributed by atoms with Gasteiger partial charge in [-0.3, -0.25) is 0 Å². The lowest BCUT2D eigenvalue weighted by Crippen LogP contribution is -1.98. The topological polar surface area (TPSA) is 52.0 Å². The van der Waals surface area contributed by atoms with Crippen LogP contribution in [-0.4, -0.2) is 0 Å². The number of fused-ring (bicyclic) bond motifs is 3. The summed E-state index contributed by atoms with van der Waals surface area (Å²) in [6.45, 7) is 8.88. The van der Waals surface area contributed by atoms with E-state index in [2.05, 4.69) is 113 Å². The van der Waals surface area contributed by atoms with Crippen molar-refractivity contribution in [2.45, 2.75) is 39.5 Å². The van der Waals surface area contributed by atoms with Crippen LogP contribution in [0.4, 0.5) is 11.4 Å². The molecule has 5 rings (SSSR count). The van der Waals surface area contributed by atoms with Crippen molar-refractivity contribution < 1.29 is 0 Å². The van der Waals surface area contributed by atoms with Crippen molar-refractivity contribution in [3.05, 3.63) is 96.1 Å². The molecule has 0 spiro atoms. The van der Waals surface area contributed by atoms with Crippen molar-refractivity contribution in [3.8, 4) is 22.3 Å². The predicted octanol–water partition coefficient (Wildman–Crippen LogP) is 8.74. The van der Waals surface area contributed by atoms with Crippen LogP contribution in [0, 0.1) is 0 Å².